The van der Waals surface area contributed by atoms with Gasteiger partial charge in [-0.05, 0) is 51.3 Å². The van der Waals surface area contributed by atoms with Gasteiger partial charge in [0.15, 0.2) is 11.3 Å². The van der Waals surface area contributed by atoms with Crippen LogP contribution in [-0.2, 0) is 11.2 Å². The normalized spacial score (nSPS) is 15.6. The van der Waals surface area contributed by atoms with Crippen molar-refractivity contribution < 1.29 is 4.79 Å². The third-order valence-corrected chi connectivity index (χ3v) is 6.69. The van der Waals surface area contributed by atoms with Gasteiger partial charge in [-0.25, -0.2) is 4.98 Å². The Kier molecular flexibility index (Phi) is 6.98. The van der Waals surface area contributed by atoms with Gasteiger partial charge in [-0.1, -0.05) is 30.7 Å². The minimum Gasteiger partial charge on any atom is -0.363 e. The molecule has 1 fully saturated rings. The molecular weight excluding hydrogens is 450 g/mol. The van der Waals surface area contributed by atoms with E-state index in [0.29, 0.717) is 32.1 Å². The minimum absolute atomic E-state index is 0.108. The largest absolute Gasteiger partial charge is 0.363 e. The molecule has 1 aliphatic rings. The third kappa shape index (κ3) is 5.43. The van der Waals surface area contributed by atoms with Crippen LogP contribution in [0.1, 0.15) is 52.6 Å². The fourth-order valence-corrected chi connectivity index (χ4v) is 4.38. The predicted octanol–water partition coefficient (Wildman–Crippen LogP) is 4.55. The maximum atomic E-state index is 11.7. The highest BCUT2D eigenvalue weighted by Crippen LogP contribution is 2.28. The van der Waals surface area contributed by atoms with Crippen LogP contribution in [0.15, 0.2) is 30.5 Å². The van der Waals surface area contributed by atoms with Crippen molar-refractivity contribution >= 4 is 40.3 Å². The molecular formula is C25H34ClN7O. The molecule has 1 atom stereocenters. The molecule has 2 aromatic heterocycles. The summed E-state index contributed by atoms with van der Waals surface area (Å²) >= 11 is 6.07. The molecule has 3 aromatic rings. The number of carbonyl (C=O) groups excluding carboxylic acids is 1. The molecule has 0 spiro atoms. The monoisotopic (exact) mass is 483 g/mol. The number of nitrogens with one attached hydrogen (secondary N) is 1. The van der Waals surface area contributed by atoms with Crippen molar-refractivity contribution in [2.24, 2.45) is 0 Å². The Hall–Kier alpha value is -2.87. The van der Waals surface area contributed by atoms with Crippen molar-refractivity contribution in [3.8, 4) is 0 Å². The molecule has 0 aliphatic carbocycles. The van der Waals surface area contributed by atoms with E-state index in [0.717, 1.165) is 34.7 Å². The standard InChI is InChI=1S/C25H34ClN7O/c1-6-17(2)33-16-21-22(30-33)23(29-25(4,5)15-19-7-9-20(26)10-8-19)28-24(27-21)32-13-11-31(12-14-32)18(3)34/h7-10,16-17H,6,11-15H2,1-5H3,(H,27,28,29). The molecule has 0 saturated carbocycles. The van der Waals surface area contributed by atoms with Crippen LogP contribution in [0.5, 0.6) is 0 Å². The highest BCUT2D eigenvalue weighted by molar-refractivity contribution is 6.30. The van der Waals surface area contributed by atoms with Gasteiger partial charge in [0.05, 0.1) is 6.20 Å². The zero-order valence-electron chi connectivity index (χ0n) is 20.7. The first-order valence-electron chi connectivity index (χ1n) is 11.9. The maximum Gasteiger partial charge on any atom is 0.228 e. The molecule has 1 saturated heterocycles. The maximum absolute atomic E-state index is 11.7. The van der Waals surface area contributed by atoms with Crippen molar-refractivity contribution in [3.05, 3.63) is 41.0 Å². The summed E-state index contributed by atoms with van der Waals surface area (Å²) < 4.78 is 1.98. The van der Waals surface area contributed by atoms with Crippen molar-refractivity contribution in [2.45, 2.75) is 59.0 Å². The van der Waals surface area contributed by atoms with Gasteiger partial charge in [-0.3, -0.25) is 9.48 Å². The van der Waals surface area contributed by atoms with Gasteiger partial charge in [-0.15, -0.1) is 0 Å². The highest BCUT2D eigenvalue weighted by atomic mass is 35.5. The predicted molar refractivity (Wildman–Crippen MR) is 138 cm³/mol. The van der Waals surface area contributed by atoms with E-state index in [4.69, 9.17) is 26.7 Å². The Labute approximate surface area is 206 Å². The van der Waals surface area contributed by atoms with Crippen LogP contribution in [0, 0.1) is 0 Å². The topological polar surface area (TPSA) is 79.2 Å². The lowest BCUT2D eigenvalue weighted by molar-refractivity contribution is -0.129. The molecule has 1 amide bonds. The van der Waals surface area contributed by atoms with Crippen LogP contribution in [-0.4, -0.2) is 62.3 Å². The lowest BCUT2D eigenvalue weighted by Crippen LogP contribution is -2.48. The van der Waals surface area contributed by atoms with Gasteiger partial charge < -0.3 is 15.1 Å². The second-order valence-corrected chi connectivity index (χ2v) is 10.2. The lowest BCUT2D eigenvalue weighted by Gasteiger charge is -2.34. The molecule has 4 rings (SSSR count). The molecule has 0 bridgehead atoms. The fourth-order valence-electron chi connectivity index (χ4n) is 4.26. The summed E-state index contributed by atoms with van der Waals surface area (Å²) in [5.41, 5.74) is 2.51. The number of benzene rings is 1. The summed E-state index contributed by atoms with van der Waals surface area (Å²) in [6.45, 7) is 13.0. The molecule has 1 aliphatic heterocycles. The van der Waals surface area contributed by atoms with E-state index in [2.05, 4.69) is 50.0 Å². The van der Waals surface area contributed by atoms with Crippen LogP contribution in [0.3, 0.4) is 0 Å². The Bertz CT molecular complexity index is 1150. The van der Waals surface area contributed by atoms with Gasteiger partial charge in [0.2, 0.25) is 11.9 Å². The number of hydrogen-bond acceptors (Lipinski definition) is 6. The molecule has 9 heteroatoms. The zero-order chi connectivity index (χ0) is 24.5. The first kappa shape index (κ1) is 24.3. The Morgan fingerprint density at radius 1 is 1.15 bits per heavy atom. The first-order chi connectivity index (χ1) is 16.1. The summed E-state index contributed by atoms with van der Waals surface area (Å²) in [5, 5.41) is 9.23. The third-order valence-electron chi connectivity index (χ3n) is 6.44. The van der Waals surface area contributed by atoms with E-state index < -0.39 is 0 Å². The SMILES string of the molecule is CCC(C)n1cc2nc(N3CCN(C(C)=O)CC3)nc(NC(C)(C)Cc3ccc(Cl)cc3)c2n1. The zero-order valence-corrected chi connectivity index (χ0v) is 21.4. The Morgan fingerprint density at radius 3 is 2.44 bits per heavy atom. The second-order valence-electron chi connectivity index (χ2n) is 9.78. The van der Waals surface area contributed by atoms with Gasteiger partial charge in [0.25, 0.3) is 0 Å². The second kappa shape index (κ2) is 9.78. The van der Waals surface area contributed by atoms with Crippen LogP contribution < -0.4 is 10.2 Å². The summed E-state index contributed by atoms with van der Waals surface area (Å²) in [5.74, 6) is 1.51. The molecule has 182 valence electrons. The highest BCUT2D eigenvalue weighted by Gasteiger charge is 2.26. The van der Waals surface area contributed by atoms with E-state index in [-0.39, 0.29) is 17.5 Å². The summed E-state index contributed by atoms with van der Waals surface area (Å²) in [4.78, 5) is 25.6. The quantitative estimate of drug-likeness (QED) is 0.531. The van der Waals surface area contributed by atoms with E-state index in [1.807, 2.05) is 27.9 Å². The number of nitrogens with zero attached hydrogens (tertiary/aromatic N) is 6. The van der Waals surface area contributed by atoms with Crippen LogP contribution in [0.2, 0.25) is 5.02 Å². The van der Waals surface area contributed by atoms with Gasteiger partial charge in [-0.2, -0.15) is 10.1 Å². The summed E-state index contributed by atoms with van der Waals surface area (Å²) in [6, 6.07) is 8.22. The van der Waals surface area contributed by atoms with Crippen molar-refractivity contribution in [1.82, 2.24) is 24.6 Å². The van der Waals surface area contributed by atoms with Crippen LogP contribution in [0.25, 0.3) is 11.0 Å². The van der Waals surface area contributed by atoms with E-state index in [1.54, 1.807) is 6.92 Å². The number of carbonyl (C=O) groups is 1. The van der Waals surface area contributed by atoms with E-state index in [1.165, 1.54) is 5.56 Å². The van der Waals surface area contributed by atoms with Crippen LogP contribution in [0.4, 0.5) is 11.8 Å². The molecule has 34 heavy (non-hydrogen) atoms. The molecule has 3 heterocycles. The van der Waals surface area contributed by atoms with Crippen molar-refractivity contribution in [3.63, 3.8) is 0 Å². The molecule has 1 N–H and O–H groups in total. The van der Waals surface area contributed by atoms with Crippen molar-refractivity contribution in [1.29, 1.82) is 0 Å². The van der Waals surface area contributed by atoms with Gasteiger partial charge >= 0.3 is 0 Å². The Morgan fingerprint density at radius 2 is 1.82 bits per heavy atom. The smallest absolute Gasteiger partial charge is 0.228 e. The molecule has 0 radical (unpaired) electrons. The number of halogens is 1. The molecule has 1 aromatic carbocycles. The Balaban J connectivity index is 1.66. The number of aromatic nitrogens is 4. The van der Waals surface area contributed by atoms with Crippen molar-refractivity contribution in [2.75, 3.05) is 36.4 Å². The number of amides is 1. The average Bonchev–Trinajstić information content (AvgIpc) is 3.24. The molecule has 1 unspecified atom stereocenters. The first-order valence-corrected chi connectivity index (χ1v) is 12.3. The van der Waals surface area contributed by atoms with Gasteiger partial charge in [0.1, 0.15) is 5.52 Å². The minimum atomic E-state index is -0.278. The van der Waals surface area contributed by atoms with Crippen LogP contribution >= 0.6 is 11.6 Å². The van der Waals surface area contributed by atoms with E-state index >= 15 is 0 Å². The molecule has 8 nitrogen and oxygen atoms in total. The number of rotatable bonds is 7. The van der Waals surface area contributed by atoms with Gasteiger partial charge in [0, 0.05) is 49.7 Å². The number of anilines is 2. The number of hydrogen-bond donors (Lipinski definition) is 1. The summed E-state index contributed by atoms with van der Waals surface area (Å²) in [7, 11) is 0. The van der Waals surface area contributed by atoms with E-state index in [9.17, 15) is 4.79 Å². The number of fused-ring (bicyclic) bond motifs is 1. The fraction of sp³-hybridized carbons (Fsp3) is 0.520. The summed E-state index contributed by atoms with van der Waals surface area (Å²) in [6.07, 6.45) is 3.79. The average molecular weight is 484 g/mol. The lowest BCUT2D eigenvalue weighted by atomic mass is 9.95. The number of piperazine rings is 1.